The van der Waals surface area contributed by atoms with Crippen LogP contribution in [-0.4, -0.2) is 38.3 Å². The summed E-state index contributed by atoms with van der Waals surface area (Å²) in [6, 6.07) is 12.5. The van der Waals surface area contributed by atoms with Crippen LogP contribution in [0.5, 0.6) is 0 Å². The Kier molecular flexibility index (Phi) is 6.83. The largest absolute Gasteiger partial charge is 0.271 e. The van der Waals surface area contributed by atoms with Gasteiger partial charge in [-0.3, -0.25) is 19.2 Å². The number of amides is 1. The summed E-state index contributed by atoms with van der Waals surface area (Å²) in [6.07, 6.45) is 3.15. The minimum atomic E-state index is -3.67. The van der Waals surface area contributed by atoms with Gasteiger partial charge in [0.2, 0.25) is 10.0 Å². The molecule has 0 bridgehead atoms. The quantitative estimate of drug-likeness (QED) is 0.410. The van der Waals surface area contributed by atoms with Crippen LogP contribution in [0.4, 0.5) is 11.4 Å². The van der Waals surface area contributed by atoms with Gasteiger partial charge in [0.1, 0.15) is 6.54 Å². The van der Waals surface area contributed by atoms with Gasteiger partial charge in [-0.15, -0.1) is 0 Å². The third kappa shape index (κ3) is 5.88. The van der Waals surface area contributed by atoms with Crippen LogP contribution in [0.15, 0.2) is 53.6 Å². The minimum absolute atomic E-state index is 0.0564. The molecule has 2 rings (SSSR count). The Bertz CT molecular complexity index is 970. The number of rotatable bonds is 8. The number of hydrogen-bond acceptors (Lipinski definition) is 6. The van der Waals surface area contributed by atoms with Crippen molar-refractivity contribution in [2.24, 2.45) is 5.10 Å². The molecule has 0 heterocycles. The highest BCUT2D eigenvalue weighted by Crippen LogP contribution is 2.18. The number of nitrogens with zero attached hydrogens (tertiary/aromatic N) is 3. The van der Waals surface area contributed by atoms with Crippen molar-refractivity contribution < 1.29 is 18.1 Å². The van der Waals surface area contributed by atoms with Gasteiger partial charge in [-0.25, -0.2) is 13.8 Å². The van der Waals surface area contributed by atoms with Crippen molar-refractivity contribution in [1.29, 1.82) is 0 Å². The number of aryl methyl sites for hydroxylation is 1. The molecule has 0 aliphatic carbocycles. The van der Waals surface area contributed by atoms with E-state index >= 15 is 0 Å². The summed E-state index contributed by atoms with van der Waals surface area (Å²) >= 11 is 0. The van der Waals surface area contributed by atoms with Gasteiger partial charge in [0.15, 0.2) is 0 Å². The predicted octanol–water partition coefficient (Wildman–Crippen LogP) is 2.07. The molecular formula is C18H20N4O5S. The molecule has 0 radical (unpaired) electrons. The van der Waals surface area contributed by atoms with E-state index in [0.29, 0.717) is 11.3 Å². The Morgan fingerprint density at radius 3 is 2.29 bits per heavy atom. The number of benzene rings is 2. The van der Waals surface area contributed by atoms with Gasteiger partial charge in [0, 0.05) is 12.1 Å². The molecule has 0 saturated heterocycles. The monoisotopic (exact) mass is 404 g/mol. The van der Waals surface area contributed by atoms with Crippen molar-refractivity contribution in [3.8, 4) is 0 Å². The molecule has 1 amide bonds. The van der Waals surface area contributed by atoms with Gasteiger partial charge in [-0.05, 0) is 41.8 Å². The lowest BCUT2D eigenvalue weighted by Gasteiger charge is -2.21. The molecule has 2 aromatic carbocycles. The standard InChI is InChI=1S/C18H20N4O5S/c1-3-14-4-8-16(9-5-14)21(28(2,26)27)13-18(23)20-19-12-15-6-10-17(11-7-15)22(24)25/h4-12H,3,13H2,1-2H3,(H,20,23)/b19-12-. The maximum atomic E-state index is 12.1. The van der Waals surface area contributed by atoms with Crippen LogP contribution in [0.25, 0.3) is 0 Å². The van der Waals surface area contributed by atoms with Crippen molar-refractivity contribution >= 4 is 33.5 Å². The first kappa shape index (κ1) is 21.0. The molecule has 0 fully saturated rings. The molecule has 9 nitrogen and oxygen atoms in total. The van der Waals surface area contributed by atoms with Crippen molar-refractivity contribution in [3.05, 3.63) is 69.8 Å². The first-order valence-electron chi connectivity index (χ1n) is 8.33. The Morgan fingerprint density at radius 2 is 1.79 bits per heavy atom. The summed E-state index contributed by atoms with van der Waals surface area (Å²) in [5.74, 6) is -0.622. The van der Waals surface area contributed by atoms with Crippen LogP contribution in [0.1, 0.15) is 18.1 Å². The van der Waals surface area contributed by atoms with Crippen molar-refractivity contribution in [2.75, 3.05) is 17.1 Å². The van der Waals surface area contributed by atoms with E-state index in [1.807, 2.05) is 6.92 Å². The summed E-state index contributed by atoms with van der Waals surface area (Å²) in [5.41, 5.74) is 4.17. The number of carbonyl (C=O) groups excluding carboxylic acids is 1. The number of nitro benzene ring substituents is 1. The van der Waals surface area contributed by atoms with Gasteiger partial charge >= 0.3 is 0 Å². The first-order valence-corrected chi connectivity index (χ1v) is 10.2. The summed E-state index contributed by atoms with van der Waals surface area (Å²) in [7, 11) is -3.67. The fourth-order valence-corrected chi connectivity index (χ4v) is 3.18. The molecule has 10 heteroatoms. The Morgan fingerprint density at radius 1 is 1.18 bits per heavy atom. The average molecular weight is 404 g/mol. The van der Waals surface area contributed by atoms with Crippen molar-refractivity contribution in [3.63, 3.8) is 0 Å². The normalized spacial score (nSPS) is 11.4. The Labute approximate surface area is 162 Å². The molecule has 0 saturated carbocycles. The second kappa shape index (κ2) is 9.09. The van der Waals surface area contributed by atoms with Gasteiger partial charge in [-0.1, -0.05) is 19.1 Å². The highest BCUT2D eigenvalue weighted by Gasteiger charge is 2.20. The molecule has 0 atom stereocenters. The smallest absolute Gasteiger partial charge is 0.269 e. The Hall–Kier alpha value is -3.27. The van der Waals surface area contributed by atoms with E-state index in [9.17, 15) is 23.3 Å². The van der Waals surface area contributed by atoms with Gasteiger partial charge in [0.25, 0.3) is 11.6 Å². The molecule has 0 spiro atoms. The molecule has 0 aliphatic heterocycles. The highest BCUT2D eigenvalue weighted by atomic mass is 32.2. The molecule has 0 unspecified atom stereocenters. The second-order valence-corrected chi connectivity index (χ2v) is 7.84. The van der Waals surface area contributed by atoms with Crippen molar-refractivity contribution in [1.82, 2.24) is 5.43 Å². The minimum Gasteiger partial charge on any atom is -0.271 e. The van der Waals surface area contributed by atoms with Gasteiger partial charge in [-0.2, -0.15) is 5.10 Å². The van der Waals surface area contributed by atoms with Crippen LogP contribution < -0.4 is 9.73 Å². The molecular weight excluding hydrogens is 384 g/mol. The highest BCUT2D eigenvalue weighted by molar-refractivity contribution is 7.92. The first-order chi connectivity index (χ1) is 13.2. The number of nitrogens with one attached hydrogen (secondary N) is 1. The summed E-state index contributed by atoms with van der Waals surface area (Å²) < 4.78 is 25.1. The van der Waals surface area contributed by atoms with E-state index in [-0.39, 0.29) is 5.69 Å². The van der Waals surface area contributed by atoms with Crippen LogP contribution >= 0.6 is 0 Å². The number of hydrogen-bond donors (Lipinski definition) is 1. The maximum absolute atomic E-state index is 12.1. The molecule has 1 N–H and O–H groups in total. The second-order valence-electron chi connectivity index (χ2n) is 5.93. The van der Waals surface area contributed by atoms with Gasteiger partial charge in [0.05, 0.1) is 23.1 Å². The molecule has 148 valence electrons. The van der Waals surface area contributed by atoms with E-state index < -0.39 is 27.4 Å². The lowest BCUT2D eigenvalue weighted by molar-refractivity contribution is -0.384. The lowest BCUT2D eigenvalue weighted by atomic mass is 10.1. The van der Waals surface area contributed by atoms with Crippen LogP contribution in [0.3, 0.4) is 0 Å². The number of non-ortho nitro benzene ring substituents is 1. The number of nitro groups is 1. The van der Waals surface area contributed by atoms with Crippen LogP contribution in [0, 0.1) is 10.1 Å². The number of sulfonamides is 1. The SMILES string of the molecule is CCc1ccc(N(CC(=O)N/N=C\c2ccc([N+](=O)[O-])cc2)S(C)(=O)=O)cc1. The maximum Gasteiger partial charge on any atom is 0.269 e. The predicted molar refractivity (Wildman–Crippen MR) is 107 cm³/mol. The lowest BCUT2D eigenvalue weighted by Crippen LogP contribution is -2.39. The molecule has 28 heavy (non-hydrogen) atoms. The van der Waals surface area contributed by atoms with E-state index in [4.69, 9.17) is 0 Å². The fourth-order valence-electron chi connectivity index (χ4n) is 2.32. The zero-order valence-electron chi connectivity index (χ0n) is 15.4. The summed E-state index contributed by atoms with van der Waals surface area (Å²) in [5, 5.41) is 14.4. The summed E-state index contributed by atoms with van der Waals surface area (Å²) in [6.45, 7) is 1.56. The van der Waals surface area contributed by atoms with Crippen LogP contribution in [-0.2, 0) is 21.2 Å². The third-order valence-electron chi connectivity index (χ3n) is 3.83. The number of hydrazone groups is 1. The zero-order valence-corrected chi connectivity index (χ0v) is 16.2. The van der Waals surface area contributed by atoms with E-state index in [0.717, 1.165) is 22.5 Å². The molecule has 0 aliphatic rings. The van der Waals surface area contributed by atoms with E-state index in [1.54, 1.807) is 24.3 Å². The van der Waals surface area contributed by atoms with E-state index in [2.05, 4.69) is 10.5 Å². The van der Waals surface area contributed by atoms with Crippen LogP contribution in [0.2, 0.25) is 0 Å². The Balaban J connectivity index is 2.04. The molecule has 0 aromatic heterocycles. The molecule has 2 aromatic rings. The average Bonchev–Trinajstić information content (AvgIpc) is 2.66. The van der Waals surface area contributed by atoms with E-state index in [1.165, 1.54) is 30.5 Å². The van der Waals surface area contributed by atoms with Gasteiger partial charge < -0.3 is 0 Å². The van der Waals surface area contributed by atoms with Crippen molar-refractivity contribution in [2.45, 2.75) is 13.3 Å². The third-order valence-corrected chi connectivity index (χ3v) is 4.97. The fraction of sp³-hybridized carbons (Fsp3) is 0.222. The number of anilines is 1. The number of carbonyl (C=O) groups is 1. The summed E-state index contributed by atoms with van der Waals surface area (Å²) in [4.78, 5) is 22.2. The topological polar surface area (TPSA) is 122 Å². The zero-order chi connectivity index (χ0) is 20.7.